The Morgan fingerprint density at radius 3 is 2.77 bits per heavy atom. The molecule has 3 rings (SSSR count). The Kier molecular flexibility index (Phi) is 7.44. The molecule has 162 valence electrons. The number of amides is 1. The normalized spacial score (nSPS) is 11.3. The SMILES string of the molecule is CCOc1cc(/C=N\NC(=O)c2cc3cc([N+](=O)[O-])ccc3s2)cc(I)c1OC(C)C. The minimum absolute atomic E-state index is 0.00858. The summed E-state index contributed by atoms with van der Waals surface area (Å²) in [5.74, 6) is 0.902. The average Bonchev–Trinajstić information content (AvgIpc) is 3.14. The van der Waals surface area contributed by atoms with Gasteiger partial charge >= 0.3 is 0 Å². The molecule has 0 atom stereocenters. The zero-order valence-electron chi connectivity index (χ0n) is 17.0. The van der Waals surface area contributed by atoms with E-state index in [2.05, 4.69) is 33.1 Å². The summed E-state index contributed by atoms with van der Waals surface area (Å²) < 4.78 is 13.2. The molecular weight excluding hydrogens is 533 g/mol. The van der Waals surface area contributed by atoms with E-state index < -0.39 is 4.92 Å². The molecule has 0 saturated carbocycles. The Labute approximate surface area is 196 Å². The molecule has 1 amide bonds. The van der Waals surface area contributed by atoms with E-state index in [9.17, 15) is 14.9 Å². The predicted octanol–water partition coefficient (Wildman–Crippen LogP) is 5.36. The molecule has 0 aliphatic rings. The molecule has 8 nitrogen and oxygen atoms in total. The van der Waals surface area contributed by atoms with Crippen molar-refractivity contribution in [3.05, 3.63) is 60.5 Å². The van der Waals surface area contributed by atoms with Gasteiger partial charge in [0.15, 0.2) is 11.5 Å². The van der Waals surface area contributed by atoms with E-state index in [1.54, 1.807) is 18.2 Å². The number of fused-ring (bicyclic) bond motifs is 1. The Bertz CT molecular complexity index is 1160. The second kappa shape index (κ2) is 10.1. The third-order valence-corrected chi connectivity index (χ3v) is 5.92. The lowest BCUT2D eigenvalue weighted by atomic mass is 10.2. The Balaban J connectivity index is 1.76. The van der Waals surface area contributed by atoms with E-state index in [0.29, 0.717) is 28.4 Å². The lowest BCUT2D eigenvalue weighted by Crippen LogP contribution is -2.16. The van der Waals surface area contributed by atoms with E-state index in [0.717, 1.165) is 13.8 Å². The van der Waals surface area contributed by atoms with Gasteiger partial charge in [0.1, 0.15) is 0 Å². The number of non-ortho nitro benzene ring substituents is 1. The van der Waals surface area contributed by atoms with E-state index >= 15 is 0 Å². The number of nitro groups is 1. The highest BCUT2D eigenvalue weighted by Gasteiger charge is 2.14. The van der Waals surface area contributed by atoms with Crippen LogP contribution in [-0.4, -0.2) is 29.8 Å². The zero-order valence-corrected chi connectivity index (χ0v) is 20.0. The minimum Gasteiger partial charge on any atom is -0.490 e. The number of rotatable bonds is 8. The van der Waals surface area contributed by atoms with Crippen LogP contribution in [0.5, 0.6) is 11.5 Å². The van der Waals surface area contributed by atoms with Gasteiger partial charge in [-0.2, -0.15) is 5.10 Å². The van der Waals surface area contributed by atoms with E-state index in [4.69, 9.17) is 9.47 Å². The van der Waals surface area contributed by atoms with E-state index in [1.807, 2.05) is 26.8 Å². The summed E-state index contributed by atoms with van der Waals surface area (Å²) in [6, 6.07) is 9.81. The van der Waals surface area contributed by atoms with Crippen LogP contribution in [0.3, 0.4) is 0 Å². The monoisotopic (exact) mass is 553 g/mol. The molecule has 0 aliphatic heterocycles. The number of ether oxygens (including phenoxy) is 2. The van der Waals surface area contributed by atoms with Crippen molar-refractivity contribution in [2.75, 3.05) is 6.61 Å². The van der Waals surface area contributed by atoms with Gasteiger partial charge in [0, 0.05) is 22.2 Å². The van der Waals surface area contributed by atoms with Crippen LogP contribution in [0.2, 0.25) is 0 Å². The summed E-state index contributed by atoms with van der Waals surface area (Å²) in [5, 5.41) is 15.6. The van der Waals surface area contributed by atoms with E-state index in [1.165, 1.54) is 29.7 Å². The van der Waals surface area contributed by atoms with Gasteiger partial charge in [-0.25, -0.2) is 5.43 Å². The molecule has 0 radical (unpaired) electrons. The molecule has 0 fully saturated rings. The maximum absolute atomic E-state index is 12.4. The molecular formula is C21H20IN3O5S. The molecule has 0 aliphatic carbocycles. The van der Waals surface area contributed by atoms with Crippen LogP contribution in [0.15, 0.2) is 41.5 Å². The summed E-state index contributed by atoms with van der Waals surface area (Å²) in [7, 11) is 0. The van der Waals surface area contributed by atoms with Gasteiger partial charge in [-0.3, -0.25) is 14.9 Å². The molecule has 0 spiro atoms. The minimum atomic E-state index is -0.462. The van der Waals surface area contributed by atoms with Crippen LogP contribution < -0.4 is 14.9 Å². The van der Waals surface area contributed by atoms with Gasteiger partial charge in [-0.1, -0.05) is 0 Å². The fourth-order valence-corrected chi connectivity index (χ4v) is 4.44. The van der Waals surface area contributed by atoms with Crippen LogP contribution in [0.1, 0.15) is 36.0 Å². The van der Waals surface area contributed by atoms with Crippen LogP contribution >= 0.6 is 33.9 Å². The summed E-state index contributed by atoms with van der Waals surface area (Å²) in [5.41, 5.74) is 3.23. The van der Waals surface area contributed by atoms with E-state index in [-0.39, 0.29) is 17.7 Å². The van der Waals surface area contributed by atoms with Crippen molar-refractivity contribution in [3.63, 3.8) is 0 Å². The molecule has 10 heteroatoms. The molecule has 1 heterocycles. The van der Waals surface area contributed by atoms with Crippen LogP contribution in [0.4, 0.5) is 5.69 Å². The van der Waals surface area contributed by atoms with Gasteiger partial charge < -0.3 is 9.47 Å². The number of carbonyl (C=O) groups is 1. The largest absolute Gasteiger partial charge is 0.490 e. The number of benzene rings is 2. The van der Waals surface area contributed by atoms with Crippen molar-refractivity contribution < 1.29 is 19.2 Å². The molecule has 0 bridgehead atoms. The molecule has 0 unspecified atom stereocenters. The van der Waals surface area contributed by atoms with Gasteiger partial charge in [0.2, 0.25) is 0 Å². The van der Waals surface area contributed by atoms with Crippen LogP contribution in [0.25, 0.3) is 10.1 Å². The first-order valence-corrected chi connectivity index (χ1v) is 11.3. The second-order valence-corrected chi connectivity index (χ2v) is 8.96. The molecule has 0 saturated heterocycles. The second-order valence-electron chi connectivity index (χ2n) is 6.72. The molecule has 1 aromatic heterocycles. The summed E-state index contributed by atoms with van der Waals surface area (Å²) in [4.78, 5) is 23.3. The molecule has 1 N–H and O–H groups in total. The van der Waals surface area contributed by atoms with Crippen LogP contribution in [0, 0.1) is 13.7 Å². The van der Waals surface area contributed by atoms with Crippen molar-refractivity contribution >= 4 is 61.8 Å². The highest BCUT2D eigenvalue weighted by atomic mass is 127. The lowest BCUT2D eigenvalue weighted by molar-refractivity contribution is -0.384. The molecule has 3 aromatic rings. The van der Waals surface area contributed by atoms with Gasteiger partial charge in [0.05, 0.1) is 32.3 Å². The summed E-state index contributed by atoms with van der Waals surface area (Å²) in [6.07, 6.45) is 1.54. The van der Waals surface area contributed by atoms with Gasteiger partial charge in [0.25, 0.3) is 11.6 Å². The topological polar surface area (TPSA) is 103 Å². The zero-order chi connectivity index (χ0) is 22.5. The van der Waals surface area contributed by atoms with Crippen molar-refractivity contribution in [1.82, 2.24) is 5.43 Å². The number of hydrogen-bond donors (Lipinski definition) is 1. The van der Waals surface area contributed by atoms with Gasteiger partial charge in [-0.05, 0) is 73.2 Å². The first kappa shape index (κ1) is 22.9. The number of nitrogens with zero attached hydrogens (tertiary/aromatic N) is 2. The number of halogens is 1. The van der Waals surface area contributed by atoms with Crippen molar-refractivity contribution in [2.45, 2.75) is 26.9 Å². The average molecular weight is 553 g/mol. The molecule has 31 heavy (non-hydrogen) atoms. The van der Waals surface area contributed by atoms with Crippen molar-refractivity contribution in [1.29, 1.82) is 0 Å². The Morgan fingerprint density at radius 1 is 1.32 bits per heavy atom. The third kappa shape index (κ3) is 5.70. The number of hydrazone groups is 1. The smallest absolute Gasteiger partial charge is 0.281 e. The number of nitro benzene ring substituents is 1. The fraction of sp³-hybridized carbons (Fsp3) is 0.238. The lowest BCUT2D eigenvalue weighted by Gasteiger charge is -2.16. The van der Waals surface area contributed by atoms with Crippen molar-refractivity contribution in [2.24, 2.45) is 5.10 Å². The number of nitrogens with one attached hydrogen (secondary N) is 1. The standard InChI is InChI=1S/C21H20IN3O5S/c1-4-29-17-8-13(7-16(22)20(17)30-12(2)3)11-23-24-21(26)19-10-14-9-15(25(27)28)5-6-18(14)31-19/h5-12H,4H2,1-3H3,(H,24,26)/b23-11-. The molecule has 2 aromatic carbocycles. The Morgan fingerprint density at radius 2 is 2.10 bits per heavy atom. The van der Waals surface area contributed by atoms with Gasteiger partial charge in [-0.15, -0.1) is 11.3 Å². The number of thiophene rings is 1. The first-order chi connectivity index (χ1) is 14.8. The summed E-state index contributed by atoms with van der Waals surface area (Å²) in [6.45, 7) is 6.28. The van der Waals surface area contributed by atoms with Crippen molar-refractivity contribution in [3.8, 4) is 11.5 Å². The third-order valence-electron chi connectivity index (χ3n) is 4.00. The number of carbonyl (C=O) groups excluding carboxylic acids is 1. The Hall–Kier alpha value is -2.73. The highest BCUT2D eigenvalue weighted by molar-refractivity contribution is 14.1. The fourth-order valence-electron chi connectivity index (χ4n) is 2.75. The first-order valence-electron chi connectivity index (χ1n) is 9.43. The van der Waals surface area contributed by atoms with Crippen LogP contribution in [-0.2, 0) is 0 Å². The maximum atomic E-state index is 12.4. The summed E-state index contributed by atoms with van der Waals surface area (Å²) >= 11 is 3.42. The maximum Gasteiger partial charge on any atom is 0.281 e. The quantitative estimate of drug-likeness (QED) is 0.175. The number of hydrogen-bond acceptors (Lipinski definition) is 7. The highest BCUT2D eigenvalue weighted by Crippen LogP contribution is 2.34. The predicted molar refractivity (Wildman–Crippen MR) is 130 cm³/mol.